The highest BCUT2D eigenvalue weighted by Gasteiger charge is 2.53. The summed E-state index contributed by atoms with van der Waals surface area (Å²) >= 11 is 0. The Bertz CT molecular complexity index is 866. The van der Waals surface area contributed by atoms with Crippen molar-refractivity contribution in [3.05, 3.63) is 58.1 Å². The number of allylic oxidation sites excluding steroid dienone is 7. The van der Waals surface area contributed by atoms with Crippen molar-refractivity contribution in [1.82, 2.24) is 0 Å². The van der Waals surface area contributed by atoms with Crippen molar-refractivity contribution in [3.63, 3.8) is 0 Å². The third-order valence-corrected chi connectivity index (χ3v) is 5.29. The maximum Gasteiger partial charge on any atom is 0.188 e. The number of fused-ring (bicyclic) bond motifs is 1. The topological polar surface area (TPSA) is 63.6 Å². The van der Waals surface area contributed by atoms with Crippen molar-refractivity contribution in [2.45, 2.75) is 73.8 Å². The molecule has 0 bridgehead atoms. The molecule has 1 atom stereocenters. The van der Waals surface area contributed by atoms with Crippen LogP contribution in [0.2, 0.25) is 0 Å². The molecule has 1 heterocycles. The molecule has 0 aromatic rings. The largest absolute Gasteiger partial charge is 0.507 e. The fourth-order valence-corrected chi connectivity index (χ4v) is 3.54. The summed E-state index contributed by atoms with van der Waals surface area (Å²) in [5.41, 5.74) is 0.862. The average molecular weight is 399 g/mol. The number of carbonyl (C=O) groups is 2. The summed E-state index contributed by atoms with van der Waals surface area (Å²) in [5.74, 6) is -0.888. The molecule has 0 radical (unpaired) electrons. The monoisotopic (exact) mass is 398 g/mol. The number of ketones is 2. The molecule has 1 N–H and O–H groups in total. The first-order valence-corrected chi connectivity index (χ1v) is 10.2. The number of rotatable bonds is 6. The van der Waals surface area contributed by atoms with E-state index in [9.17, 15) is 14.7 Å². The molecule has 0 unspecified atom stereocenters. The first-order valence-electron chi connectivity index (χ1n) is 10.2. The summed E-state index contributed by atoms with van der Waals surface area (Å²) in [6, 6.07) is 0. The van der Waals surface area contributed by atoms with Crippen molar-refractivity contribution in [1.29, 1.82) is 0 Å². The number of ether oxygens (including phenoxy) is 1. The van der Waals surface area contributed by atoms with Gasteiger partial charge in [0.15, 0.2) is 11.6 Å². The van der Waals surface area contributed by atoms with Crippen LogP contribution in [-0.2, 0) is 14.3 Å². The maximum absolute atomic E-state index is 13.7. The first kappa shape index (κ1) is 22.9. The van der Waals surface area contributed by atoms with E-state index >= 15 is 0 Å². The van der Waals surface area contributed by atoms with Gasteiger partial charge in [-0.05, 0) is 60.5 Å². The van der Waals surface area contributed by atoms with Crippen molar-refractivity contribution in [2.75, 3.05) is 0 Å². The molecule has 0 saturated heterocycles. The Balaban J connectivity index is 2.86. The van der Waals surface area contributed by atoms with Crippen LogP contribution in [0.1, 0.15) is 68.2 Å². The van der Waals surface area contributed by atoms with Gasteiger partial charge in [0.05, 0.1) is 0 Å². The van der Waals surface area contributed by atoms with E-state index < -0.39 is 16.9 Å². The fraction of sp³-hybridized carbons (Fsp3) is 0.520. The first-order chi connectivity index (χ1) is 13.3. The van der Waals surface area contributed by atoms with E-state index in [1.165, 1.54) is 0 Å². The number of hydrogen-bond acceptors (Lipinski definition) is 4. The third kappa shape index (κ3) is 4.47. The van der Waals surface area contributed by atoms with Gasteiger partial charge in [-0.1, -0.05) is 43.2 Å². The minimum Gasteiger partial charge on any atom is -0.507 e. The molecule has 0 spiro atoms. The zero-order chi connectivity index (χ0) is 22.1. The van der Waals surface area contributed by atoms with Gasteiger partial charge in [-0.15, -0.1) is 0 Å². The maximum atomic E-state index is 13.7. The minimum absolute atomic E-state index is 0.101. The van der Waals surface area contributed by atoms with Crippen LogP contribution in [0.15, 0.2) is 58.1 Å². The van der Waals surface area contributed by atoms with E-state index in [-0.39, 0.29) is 22.9 Å². The predicted octanol–water partition coefficient (Wildman–Crippen LogP) is 5.92. The second-order valence-electron chi connectivity index (χ2n) is 9.36. The minimum atomic E-state index is -1.11. The highest BCUT2D eigenvalue weighted by atomic mass is 16.5. The van der Waals surface area contributed by atoms with E-state index in [1.807, 2.05) is 65.8 Å². The van der Waals surface area contributed by atoms with Crippen LogP contribution in [-0.4, -0.2) is 22.3 Å². The number of carbonyl (C=O) groups excluding carboxylic acids is 2. The second-order valence-corrected chi connectivity index (χ2v) is 9.36. The average Bonchev–Trinajstić information content (AvgIpc) is 2.59. The Labute approximate surface area is 174 Å². The molecule has 2 aliphatic rings. The quantitative estimate of drug-likeness (QED) is 0.445. The standard InChI is InChI=1S/C25H34O4/c1-15(2)9-10-18-21(27)19(20(26)17(5)6)22(28)25(12-11-16(3)4)14-13-24(7,8)29-23(18)25/h9,11,13-14,17,27H,10,12H2,1-8H3/t25-/m1/s1. The van der Waals surface area contributed by atoms with Crippen LogP contribution >= 0.6 is 0 Å². The van der Waals surface area contributed by atoms with Crippen molar-refractivity contribution in [3.8, 4) is 0 Å². The van der Waals surface area contributed by atoms with Gasteiger partial charge >= 0.3 is 0 Å². The molecule has 1 aliphatic heterocycles. The molecule has 0 amide bonds. The lowest BCUT2D eigenvalue weighted by molar-refractivity contribution is -0.129. The molecule has 0 saturated carbocycles. The van der Waals surface area contributed by atoms with Crippen LogP contribution in [0.5, 0.6) is 0 Å². The fourth-order valence-electron chi connectivity index (χ4n) is 3.54. The molecule has 158 valence electrons. The molecule has 4 nitrogen and oxygen atoms in total. The van der Waals surface area contributed by atoms with Gasteiger partial charge in [-0.2, -0.15) is 0 Å². The predicted molar refractivity (Wildman–Crippen MR) is 116 cm³/mol. The summed E-state index contributed by atoms with van der Waals surface area (Å²) in [5, 5.41) is 11.1. The van der Waals surface area contributed by atoms with Gasteiger partial charge < -0.3 is 9.84 Å². The summed E-state index contributed by atoms with van der Waals surface area (Å²) in [4.78, 5) is 26.6. The molecule has 0 fully saturated rings. The molecule has 1 aliphatic carbocycles. The third-order valence-electron chi connectivity index (χ3n) is 5.29. The normalized spacial score (nSPS) is 23.0. The Kier molecular flexibility index (Phi) is 6.46. The number of hydrogen-bond donors (Lipinski definition) is 1. The number of Topliss-reactive ketones (excluding diaryl/α,β-unsaturated/α-hetero) is 2. The van der Waals surface area contributed by atoms with E-state index in [0.29, 0.717) is 24.2 Å². The zero-order valence-electron chi connectivity index (χ0n) is 19.0. The summed E-state index contributed by atoms with van der Waals surface area (Å²) < 4.78 is 6.30. The summed E-state index contributed by atoms with van der Waals surface area (Å²) in [6.07, 6.45) is 8.50. The Hall–Kier alpha value is -2.36. The van der Waals surface area contributed by atoms with Gasteiger partial charge in [-0.3, -0.25) is 9.59 Å². The lowest BCUT2D eigenvalue weighted by atomic mass is 9.66. The van der Waals surface area contributed by atoms with Crippen LogP contribution in [0.25, 0.3) is 0 Å². The lowest BCUT2D eigenvalue weighted by Gasteiger charge is -2.44. The van der Waals surface area contributed by atoms with E-state index in [4.69, 9.17) is 4.74 Å². The SMILES string of the molecule is CC(C)=CCC1=C2OC(C)(C)C=C[C@]2(CC=C(C)C)C(=O)C(C(=O)C(C)C)=C1O. The van der Waals surface area contributed by atoms with E-state index in [2.05, 4.69) is 0 Å². The van der Waals surface area contributed by atoms with Crippen LogP contribution in [0.3, 0.4) is 0 Å². The van der Waals surface area contributed by atoms with Gasteiger partial charge in [-0.25, -0.2) is 0 Å². The van der Waals surface area contributed by atoms with E-state index in [1.54, 1.807) is 13.8 Å². The van der Waals surface area contributed by atoms with Gasteiger partial charge in [0, 0.05) is 11.5 Å². The molecular formula is C25H34O4. The van der Waals surface area contributed by atoms with Gasteiger partial charge in [0.2, 0.25) is 0 Å². The summed E-state index contributed by atoms with van der Waals surface area (Å²) in [6.45, 7) is 15.2. The van der Waals surface area contributed by atoms with Crippen LogP contribution in [0, 0.1) is 11.3 Å². The Morgan fingerprint density at radius 3 is 2.21 bits per heavy atom. The summed E-state index contributed by atoms with van der Waals surface area (Å²) in [7, 11) is 0. The molecular weight excluding hydrogens is 364 g/mol. The highest BCUT2D eigenvalue weighted by Crippen LogP contribution is 2.50. The second kappa shape index (κ2) is 8.17. The van der Waals surface area contributed by atoms with E-state index in [0.717, 1.165) is 11.1 Å². The van der Waals surface area contributed by atoms with Crippen molar-refractivity contribution < 1.29 is 19.4 Å². The number of aliphatic hydroxyl groups is 1. The molecule has 4 heteroatoms. The highest BCUT2D eigenvalue weighted by molar-refractivity contribution is 6.25. The Morgan fingerprint density at radius 1 is 1.10 bits per heavy atom. The molecule has 0 aromatic carbocycles. The smallest absolute Gasteiger partial charge is 0.188 e. The van der Waals surface area contributed by atoms with Crippen LogP contribution < -0.4 is 0 Å². The Morgan fingerprint density at radius 2 is 1.69 bits per heavy atom. The van der Waals surface area contributed by atoms with Gasteiger partial charge in [0.25, 0.3) is 0 Å². The molecule has 2 rings (SSSR count). The lowest BCUT2D eigenvalue weighted by Crippen LogP contribution is -2.45. The molecule has 29 heavy (non-hydrogen) atoms. The van der Waals surface area contributed by atoms with Crippen LogP contribution in [0.4, 0.5) is 0 Å². The molecule has 0 aromatic heterocycles. The number of aliphatic hydroxyl groups excluding tert-OH is 1. The van der Waals surface area contributed by atoms with Gasteiger partial charge in [0.1, 0.15) is 28.1 Å². The zero-order valence-corrected chi connectivity index (χ0v) is 19.0. The van der Waals surface area contributed by atoms with Crippen molar-refractivity contribution in [2.24, 2.45) is 11.3 Å². The van der Waals surface area contributed by atoms with Crippen molar-refractivity contribution >= 4 is 11.6 Å².